The van der Waals surface area contributed by atoms with E-state index in [1.54, 1.807) is 32.2 Å². The standard InChI is InChI=1S/C19H20BN7O/c1-11(28)25(2)9-12-6-5-7-14(22-12)15-8-13-17-16(21-10-26(17)3)19(27(4)20)24-18(13)23-15/h5-8,10H,9H2,1-4H3,(H,23,24). The van der Waals surface area contributed by atoms with Crippen LogP contribution in [0.15, 0.2) is 30.6 Å². The van der Waals surface area contributed by atoms with Crippen LogP contribution in [0, 0.1) is 0 Å². The summed E-state index contributed by atoms with van der Waals surface area (Å²) in [5.74, 6) is 0.598. The van der Waals surface area contributed by atoms with Gasteiger partial charge in [-0.25, -0.2) is 15.0 Å². The van der Waals surface area contributed by atoms with E-state index in [0.29, 0.717) is 18.0 Å². The molecule has 9 heteroatoms. The second-order valence-electron chi connectivity index (χ2n) is 6.93. The van der Waals surface area contributed by atoms with Crippen LogP contribution in [0.25, 0.3) is 33.5 Å². The zero-order valence-electron chi connectivity index (χ0n) is 16.3. The Balaban J connectivity index is 1.84. The quantitative estimate of drug-likeness (QED) is 0.554. The van der Waals surface area contributed by atoms with Crippen LogP contribution in [0.2, 0.25) is 0 Å². The summed E-state index contributed by atoms with van der Waals surface area (Å²) in [4.78, 5) is 31.7. The lowest BCUT2D eigenvalue weighted by Crippen LogP contribution is -2.23. The van der Waals surface area contributed by atoms with Crippen molar-refractivity contribution in [1.82, 2.24) is 29.4 Å². The highest BCUT2D eigenvalue weighted by Crippen LogP contribution is 2.32. The van der Waals surface area contributed by atoms with Gasteiger partial charge in [0.05, 0.1) is 35.5 Å². The van der Waals surface area contributed by atoms with Gasteiger partial charge in [0.2, 0.25) is 13.9 Å². The normalized spacial score (nSPS) is 11.3. The van der Waals surface area contributed by atoms with Crippen molar-refractivity contribution >= 4 is 41.8 Å². The number of aromatic nitrogens is 5. The molecule has 4 heterocycles. The van der Waals surface area contributed by atoms with Gasteiger partial charge in [0, 0.05) is 26.4 Å². The summed E-state index contributed by atoms with van der Waals surface area (Å²) >= 11 is 0. The van der Waals surface area contributed by atoms with Gasteiger partial charge in [-0.05, 0) is 25.2 Å². The average Bonchev–Trinajstić information content (AvgIpc) is 3.24. The lowest BCUT2D eigenvalue weighted by atomic mass is 10.2. The van der Waals surface area contributed by atoms with Crippen LogP contribution in [0.5, 0.6) is 0 Å². The van der Waals surface area contributed by atoms with Gasteiger partial charge < -0.3 is 19.3 Å². The molecule has 0 atom stereocenters. The number of carbonyl (C=O) groups is 1. The van der Waals surface area contributed by atoms with Crippen molar-refractivity contribution in [3.8, 4) is 11.4 Å². The largest absolute Gasteiger partial charge is 0.411 e. The van der Waals surface area contributed by atoms with Crippen molar-refractivity contribution in [2.24, 2.45) is 7.05 Å². The highest BCUT2D eigenvalue weighted by atomic mass is 16.2. The fourth-order valence-electron chi connectivity index (χ4n) is 3.24. The molecule has 4 aromatic rings. The molecule has 4 aromatic heterocycles. The van der Waals surface area contributed by atoms with Gasteiger partial charge in [-0.2, -0.15) is 0 Å². The third-order valence-electron chi connectivity index (χ3n) is 4.77. The first kappa shape index (κ1) is 18.0. The highest BCUT2D eigenvalue weighted by molar-refractivity contribution is 6.20. The SMILES string of the molecule is [B]N(C)c1nc2[nH]c(-c3cccc(CN(C)C(C)=O)n3)cc2c2c1ncn2C. The number of H-pyrrole nitrogens is 1. The molecule has 0 aliphatic carbocycles. The van der Waals surface area contributed by atoms with Crippen molar-refractivity contribution in [2.45, 2.75) is 13.5 Å². The van der Waals surface area contributed by atoms with Crippen LogP contribution in [-0.2, 0) is 18.4 Å². The monoisotopic (exact) mass is 373 g/mol. The van der Waals surface area contributed by atoms with Gasteiger partial charge in [-0.3, -0.25) is 4.79 Å². The molecule has 0 saturated carbocycles. The minimum absolute atomic E-state index is 0.000881. The maximum atomic E-state index is 11.5. The zero-order chi connectivity index (χ0) is 20.0. The number of anilines is 1. The third-order valence-corrected chi connectivity index (χ3v) is 4.77. The topological polar surface area (TPSA) is 82.9 Å². The summed E-state index contributed by atoms with van der Waals surface area (Å²) < 4.78 is 1.95. The molecule has 0 aliphatic heterocycles. The molecular formula is C19H20BN7O. The van der Waals surface area contributed by atoms with E-state index in [-0.39, 0.29) is 5.91 Å². The molecule has 0 unspecified atom stereocenters. The minimum Gasteiger partial charge on any atom is -0.411 e. The summed E-state index contributed by atoms with van der Waals surface area (Å²) in [6.07, 6.45) is 1.75. The van der Waals surface area contributed by atoms with Gasteiger partial charge in [0.15, 0.2) is 0 Å². The number of aryl methyl sites for hydroxylation is 1. The van der Waals surface area contributed by atoms with E-state index in [1.807, 2.05) is 35.9 Å². The predicted octanol–water partition coefficient (Wildman–Crippen LogP) is 2.01. The van der Waals surface area contributed by atoms with Crippen LogP contribution < -0.4 is 4.81 Å². The summed E-state index contributed by atoms with van der Waals surface area (Å²) in [7, 11) is 11.4. The number of aromatic amines is 1. The van der Waals surface area contributed by atoms with Gasteiger partial charge in [0.25, 0.3) is 0 Å². The number of hydrogen-bond donors (Lipinski definition) is 1. The van der Waals surface area contributed by atoms with Crippen LogP contribution in [-0.4, -0.2) is 57.4 Å². The Morgan fingerprint density at radius 1 is 1.29 bits per heavy atom. The number of carbonyl (C=O) groups excluding carboxylic acids is 1. The number of hydrogen-bond acceptors (Lipinski definition) is 5. The molecule has 1 amide bonds. The Labute approximate surface area is 163 Å². The van der Waals surface area contributed by atoms with Crippen molar-refractivity contribution in [3.63, 3.8) is 0 Å². The first-order chi connectivity index (χ1) is 13.3. The van der Waals surface area contributed by atoms with Crippen LogP contribution in [0.4, 0.5) is 5.82 Å². The molecule has 140 valence electrons. The maximum Gasteiger partial charge on any atom is 0.228 e. The Morgan fingerprint density at radius 2 is 2.07 bits per heavy atom. The van der Waals surface area contributed by atoms with E-state index < -0.39 is 0 Å². The summed E-state index contributed by atoms with van der Waals surface area (Å²) in [6, 6.07) is 7.79. The van der Waals surface area contributed by atoms with Crippen LogP contribution >= 0.6 is 0 Å². The first-order valence-electron chi connectivity index (χ1n) is 8.85. The molecule has 0 bridgehead atoms. The number of rotatable bonds is 4. The van der Waals surface area contributed by atoms with Crippen molar-refractivity contribution in [1.29, 1.82) is 0 Å². The van der Waals surface area contributed by atoms with Gasteiger partial charge in [0.1, 0.15) is 17.0 Å². The van der Waals surface area contributed by atoms with Gasteiger partial charge in [-0.15, -0.1) is 0 Å². The molecule has 8 nitrogen and oxygen atoms in total. The fraction of sp³-hybridized carbons (Fsp3) is 0.263. The second kappa shape index (κ2) is 6.67. The summed E-state index contributed by atoms with van der Waals surface area (Å²) in [6.45, 7) is 1.99. The van der Waals surface area contributed by atoms with E-state index in [4.69, 9.17) is 13.0 Å². The molecule has 0 aromatic carbocycles. The van der Waals surface area contributed by atoms with Crippen LogP contribution in [0.3, 0.4) is 0 Å². The molecular weight excluding hydrogens is 353 g/mol. The number of nitrogens with one attached hydrogen (secondary N) is 1. The summed E-state index contributed by atoms with van der Waals surface area (Å²) in [5, 5.41) is 0.948. The lowest BCUT2D eigenvalue weighted by Gasteiger charge is -2.14. The minimum atomic E-state index is -0.000881. The Morgan fingerprint density at radius 3 is 2.79 bits per heavy atom. The van der Waals surface area contributed by atoms with E-state index in [9.17, 15) is 4.79 Å². The number of nitrogens with zero attached hydrogens (tertiary/aromatic N) is 6. The smallest absolute Gasteiger partial charge is 0.228 e. The van der Waals surface area contributed by atoms with Gasteiger partial charge in [-0.1, -0.05) is 6.07 Å². The van der Waals surface area contributed by atoms with Crippen molar-refractivity contribution in [3.05, 3.63) is 36.3 Å². The van der Waals surface area contributed by atoms with Crippen molar-refractivity contribution < 1.29 is 4.79 Å². The fourth-order valence-corrected chi connectivity index (χ4v) is 3.24. The lowest BCUT2D eigenvalue weighted by molar-refractivity contribution is -0.128. The zero-order valence-corrected chi connectivity index (χ0v) is 16.3. The average molecular weight is 373 g/mol. The van der Waals surface area contributed by atoms with E-state index >= 15 is 0 Å². The maximum absolute atomic E-state index is 11.5. The van der Waals surface area contributed by atoms with Gasteiger partial charge >= 0.3 is 0 Å². The van der Waals surface area contributed by atoms with E-state index in [0.717, 1.165) is 33.5 Å². The molecule has 1 N–H and O–H groups in total. The van der Waals surface area contributed by atoms with E-state index in [1.165, 1.54) is 4.81 Å². The molecule has 28 heavy (non-hydrogen) atoms. The molecule has 4 rings (SSSR count). The molecule has 0 spiro atoms. The Kier molecular flexibility index (Phi) is 4.29. The van der Waals surface area contributed by atoms with Crippen molar-refractivity contribution in [2.75, 3.05) is 18.9 Å². The molecule has 0 aliphatic rings. The number of pyridine rings is 2. The summed E-state index contributed by atoms with van der Waals surface area (Å²) in [5.41, 5.74) is 4.85. The Bertz CT molecular complexity index is 1190. The van der Waals surface area contributed by atoms with Crippen LogP contribution in [0.1, 0.15) is 12.6 Å². The number of imidazole rings is 1. The van der Waals surface area contributed by atoms with E-state index in [2.05, 4.69) is 15.0 Å². The molecule has 0 saturated heterocycles. The number of fused-ring (bicyclic) bond motifs is 3. The molecule has 2 radical (unpaired) electrons. The predicted molar refractivity (Wildman–Crippen MR) is 110 cm³/mol. The highest BCUT2D eigenvalue weighted by Gasteiger charge is 2.17. The third kappa shape index (κ3) is 2.98. The number of amides is 1. The first-order valence-corrected chi connectivity index (χ1v) is 8.85. The molecule has 0 fully saturated rings. The Hall–Kier alpha value is -3.36. The second-order valence-corrected chi connectivity index (χ2v) is 6.93.